The largest absolute Gasteiger partial charge is 0.395 e. The van der Waals surface area contributed by atoms with Gasteiger partial charge in [-0.05, 0) is 24.6 Å². The Bertz CT molecular complexity index is 376. The predicted octanol–water partition coefficient (Wildman–Crippen LogP) is 1.54. The fraction of sp³-hybridized carbons (Fsp3) is 0.308. The molecular weight excluding hydrogens is 200 g/mol. The Labute approximate surface area is 96.0 Å². The summed E-state index contributed by atoms with van der Waals surface area (Å²) >= 11 is 0. The maximum Gasteiger partial charge on any atom is 0.0991 e. The lowest BCUT2D eigenvalue weighted by Gasteiger charge is -2.07. The molecule has 0 radical (unpaired) electrons. The van der Waals surface area contributed by atoms with E-state index in [1.165, 1.54) is 0 Å². The number of nitrogens with one attached hydrogen (secondary N) is 1. The van der Waals surface area contributed by atoms with Gasteiger partial charge >= 0.3 is 0 Å². The van der Waals surface area contributed by atoms with Crippen LogP contribution in [0.5, 0.6) is 0 Å². The van der Waals surface area contributed by atoms with Gasteiger partial charge in [0.05, 0.1) is 18.2 Å². The Morgan fingerprint density at radius 2 is 2.12 bits per heavy atom. The molecule has 0 fully saturated rings. The van der Waals surface area contributed by atoms with Crippen molar-refractivity contribution in [3.05, 3.63) is 41.5 Å². The molecule has 0 aliphatic heterocycles. The molecule has 0 aliphatic carbocycles. The zero-order chi connectivity index (χ0) is 11.8. The van der Waals surface area contributed by atoms with Crippen molar-refractivity contribution in [3.63, 3.8) is 0 Å². The molecule has 0 heterocycles. The van der Waals surface area contributed by atoms with E-state index in [1.807, 2.05) is 31.2 Å². The Morgan fingerprint density at radius 1 is 1.44 bits per heavy atom. The van der Waals surface area contributed by atoms with Gasteiger partial charge in [0.2, 0.25) is 0 Å². The monoisotopic (exact) mass is 216 g/mol. The normalized spacial score (nSPS) is 12.6. The standard InChI is InChI=1S/C13H16N2O/c1-11(10-16)15-8-2-3-12-4-6-13(9-14)7-5-12/h2-7,11,15-16H,8,10H2,1H3/b3-2+/t11-/m1/s1. The fourth-order valence-electron chi connectivity index (χ4n) is 1.20. The first-order chi connectivity index (χ1) is 7.76. The molecule has 84 valence electrons. The summed E-state index contributed by atoms with van der Waals surface area (Å²) in [4.78, 5) is 0. The van der Waals surface area contributed by atoms with Crippen LogP contribution >= 0.6 is 0 Å². The Kier molecular flexibility index (Phi) is 5.27. The van der Waals surface area contributed by atoms with E-state index in [4.69, 9.17) is 10.4 Å². The molecule has 3 nitrogen and oxygen atoms in total. The first-order valence-electron chi connectivity index (χ1n) is 5.27. The minimum atomic E-state index is 0.116. The lowest BCUT2D eigenvalue weighted by Crippen LogP contribution is -2.29. The number of benzene rings is 1. The number of aliphatic hydroxyl groups excluding tert-OH is 1. The fourth-order valence-corrected chi connectivity index (χ4v) is 1.20. The summed E-state index contributed by atoms with van der Waals surface area (Å²) in [6.45, 7) is 2.79. The predicted molar refractivity (Wildman–Crippen MR) is 64.7 cm³/mol. The van der Waals surface area contributed by atoms with Crippen molar-refractivity contribution < 1.29 is 5.11 Å². The summed E-state index contributed by atoms with van der Waals surface area (Å²) < 4.78 is 0. The van der Waals surface area contributed by atoms with Crippen molar-refractivity contribution in [2.45, 2.75) is 13.0 Å². The van der Waals surface area contributed by atoms with Crippen molar-refractivity contribution >= 4 is 6.08 Å². The van der Waals surface area contributed by atoms with Gasteiger partial charge in [-0.3, -0.25) is 0 Å². The molecular formula is C13H16N2O. The third-order valence-corrected chi connectivity index (χ3v) is 2.21. The molecule has 0 aliphatic rings. The Hall–Kier alpha value is -1.63. The summed E-state index contributed by atoms with van der Waals surface area (Å²) in [6, 6.07) is 9.60. The van der Waals surface area contributed by atoms with Crippen LogP contribution in [0.4, 0.5) is 0 Å². The quantitative estimate of drug-likeness (QED) is 0.785. The van der Waals surface area contributed by atoms with E-state index in [9.17, 15) is 0 Å². The second-order valence-electron chi connectivity index (χ2n) is 3.63. The van der Waals surface area contributed by atoms with Gasteiger partial charge in [-0.25, -0.2) is 0 Å². The molecule has 1 atom stereocenters. The second kappa shape index (κ2) is 6.78. The third kappa shape index (κ3) is 4.26. The van der Waals surface area contributed by atoms with Crippen molar-refractivity contribution in [1.29, 1.82) is 5.26 Å². The first kappa shape index (κ1) is 12.4. The summed E-state index contributed by atoms with van der Waals surface area (Å²) in [7, 11) is 0. The average molecular weight is 216 g/mol. The number of nitriles is 1. The van der Waals surface area contributed by atoms with E-state index in [0.29, 0.717) is 5.56 Å². The molecule has 1 rings (SSSR count). The third-order valence-electron chi connectivity index (χ3n) is 2.21. The highest BCUT2D eigenvalue weighted by atomic mass is 16.3. The molecule has 3 heteroatoms. The van der Waals surface area contributed by atoms with Gasteiger partial charge in [-0.1, -0.05) is 24.3 Å². The summed E-state index contributed by atoms with van der Waals surface area (Å²) in [5.41, 5.74) is 1.74. The van der Waals surface area contributed by atoms with E-state index in [1.54, 1.807) is 12.1 Å². The maximum absolute atomic E-state index is 8.79. The zero-order valence-electron chi connectivity index (χ0n) is 9.35. The average Bonchev–Trinajstić information content (AvgIpc) is 2.35. The van der Waals surface area contributed by atoms with Gasteiger partial charge < -0.3 is 10.4 Å². The molecule has 0 saturated heterocycles. The molecule has 1 aromatic rings. The highest BCUT2D eigenvalue weighted by molar-refractivity contribution is 5.51. The van der Waals surface area contributed by atoms with Gasteiger partial charge in [-0.2, -0.15) is 5.26 Å². The van der Waals surface area contributed by atoms with Crippen LogP contribution in [0.25, 0.3) is 6.08 Å². The van der Waals surface area contributed by atoms with Crippen molar-refractivity contribution in [3.8, 4) is 6.07 Å². The summed E-state index contributed by atoms with van der Waals surface area (Å²) in [5.74, 6) is 0. The Morgan fingerprint density at radius 3 is 2.69 bits per heavy atom. The molecule has 0 saturated carbocycles. The van der Waals surface area contributed by atoms with Crippen LogP contribution in [0.1, 0.15) is 18.1 Å². The van der Waals surface area contributed by atoms with Gasteiger partial charge in [0.1, 0.15) is 0 Å². The van der Waals surface area contributed by atoms with E-state index < -0.39 is 0 Å². The molecule has 0 spiro atoms. The number of hydrogen-bond acceptors (Lipinski definition) is 3. The van der Waals surface area contributed by atoms with Crippen molar-refractivity contribution in [1.82, 2.24) is 5.32 Å². The molecule has 0 aromatic heterocycles. The minimum absolute atomic E-state index is 0.116. The topological polar surface area (TPSA) is 56.0 Å². The number of aliphatic hydroxyl groups is 1. The van der Waals surface area contributed by atoms with Gasteiger partial charge in [-0.15, -0.1) is 0 Å². The van der Waals surface area contributed by atoms with Crippen LogP contribution in [-0.4, -0.2) is 24.3 Å². The highest BCUT2D eigenvalue weighted by Crippen LogP contribution is 2.04. The molecule has 0 unspecified atom stereocenters. The van der Waals surface area contributed by atoms with Crippen molar-refractivity contribution in [2.75, 3.05) is 13.2 Å². The first-order valence-corrected chi connectivity index (χ1v) is 5.27. The number of nitrogens with zero attached hydrogens (tertiary/aromatic N) is 1. The van der Waals surface area contributed by atoms with E-state index in [2.05, 4.69) is 11.4 Å². The number of hydrogen-bond donors (Lipinski definition) is 2. The van der Waals surface area contributed by atoms with Gasteiger partial charge in [0.25, 0.3) is 0 Å². The SMILES string of the molecule is C[C@H](CO)NC/C=C/c1ccc(C#N)cc1. The van der Waals surface area contributed by atoms with Crippen LogP contribution in [0, 0.1) is 11.3 Å². The molecule has 1 aromatic carbocycles. The maximum atomic E-state index is 8.79. The molecule has 2 N–H and O–H groups in total. The van der Waals surface area contributed by atoms with Crippen LogP contribution < -0.4 is 5.32 Å². The summed E-state index contributed by atoms with van der Waals surface area (Å²) in [6.07, 6.45) is 3.98. The van der Waals surface area contributed by atoms with Gasteiger partial charge in [0.15, 0.2) is 0 Å². The summed E-state index contributed by atoms with van der Waals surface area (Å²) in [5, 5.41) is 20.6. The Balaban J connectivity index is 2.41. The van der Waals surface area contributed by atoms with E-state index in [0.717, 1.165) is 12.1 Å². The number of rotatable bonds is 5. The lowest BCUT2D eigenvalue weighted by molar-refractivity contribution is 0.255. The van der Waals surface area contributed by atoms with Gasteiger partial charge in [0, 0.05) is 12.6 Å². The molecule has 0 amide bonds. The minimum Gasteiger partial charge on any atom is -0.395 e. The van der Waals surface area contributed by atoms with Crippen molar-refractivity contribution in [2.24, 2.45) is 0 Å². The van der Waals surface area contributed by atoms with Crippen LogP contribution in [-0.2, 0) is 0 Å². The lowest BCUT2D eigenvalue weighted by atomic mass is 10.1. The molecule has 0 bridgehead atoms. The van der Waals surface area contributed by atoms with Crippen LogP contribution in [0.2, 0.25) is 0 Å². The van der Waals surface area contributed by atoms with E-state index >= 15 is 0 Å². The van der Waals surface area contributed by atoms with E-state index in [-0.39, 0.29) is 12.6 Å². The molecule has 16 heavy (non-hydrogen) atoms. The smallest absolute Gasteiger partial charge is 0.0991 e. The van der Waals surface area contributed by atoms with Crippen LogP contribution in [0.3, 0.4) is 0 Å². The van der Waals surface area contributed by atoms with Crippen LogP contribution in [0.15, 0.2) is 30.3 Å². The second-order valence-corrected chi connectivity index (χ2v) is 3.63. The zero-order valence-corrected chi connectivity index (χ0v) is 9.35. The highest BCUT2D eigenvalue weighted by Gasteiger charge is 1.94.